The van der Waals surface area contributed by atoms with Crippen molar-refractivity contribution in [2.75, 3.05) is 5.32 Å². The Balaban J connectivity index is 2.11. The number of aromatic nitrogens is 2. The number of amides is 1. The molecule has 1 aromatic heterocycles. The summed E-state index contributed by atoms with van der Waals surface area (Å²) in [4.78, 5) is 18.5. The minimum Gasteiger partial charge on any atom is -0.338 e. The number of carbonyl (C=O) groups excluding carboxylic acids is 1. The highest BCUT2D eigenvalue weighted by molar-refractivity contribution is 6.02. The van der Waals surface area contributed by atoms with Crippen molar-refractivity contribution in [2.45, 2.75) is 6.92 Å². The summed E-state index contributed by atoms with van der Waals surface area (Å²) in [6, 6.07) is 8.67. The molecule has 0 radical (unpaired) electrons. The lowest BCUT2D eigenvalue weighted by atomic mass is 10.2. The third-order valence-electron chi connectivity index (χ3n) is 2.22. The van der Waals surface area contributed by atoms with E-state index in [0.717, 1.165) is 0 Å². The highest BCUT2D eigenvalue weighted by atomic mass is 16.1. The Labute approximate surface area is 98.1 Å². The number of carbonyl (C=O) groups is 1. The number of nitrogens with zero attached hydrogens (tertiary/aromatic N) is 2. The van der Waals surface area contributed by atoms with Crippen molar-refractivity contribution in [3.05, 3.63) is 47.5 Å². The van der Waals surface area contributed by atoms with E-state index in [-0.39, 0.29) is 5.91 Å². The Bertz CT molecular complexity index is 577. The third-order valence-corrected chi connectivity index (χ3v) is 2.22. The summed E-state index contributed by atoms with van der Waals surface area (Å²) in [6.45, 7) is 1.78. The number of hydrogen-bond acceptors (Lipinski definition) is 3. The fraction of sp³-hybridized carbons (Fsp3) is 0.0833. The third kappa shape index (κ3) is 2.49. The molecule has 5 nitrogen and oxygen atoms in total. The van der Waals surface area contributed by atoms with E-state index in [1.54, 1.807) is 31.2 Å². The fourth-order valence-electron chi connectivity index (χ4n) is 1.36. The molecule has 0 aliphatic rings. The first-order valence-corrected chi connectivity index (χ1v) is 5.02. The van der Waals surface area contributed by atoms with Gasteiger partial charge in [0.1, 0.15) is 11.5 Å². The number of anilines is 1. The lowest BCUT2D eigenvalue weighted by Crippen LogP contribution is -2.12. The molecule has 0 saturated heterocycles. The first-order valence-electron chi connectivity index (χ1n) is 5.02. The van der Waals surface area contributed by atoms with E-state index in [1.807, 2.05) is 6.07 Å². The van der Waals surface area contributed by atoms with Gasteiger partial charge in [0.15, 0.2) is 0 Å². The lowest BCUT2D eigenvalue weighted by molar-refractivity contribution is 0.102. The van der Waals surface area contributed by atoms with Gasteiger partial charge in [0.05, 0.1) is 17.8 Å². The molecular weight excluding hydrogens is 216 g/mol. The molecule has 84 valence electrons. The second-order valence-electron chi connectivity index (χ2n) is 3.53. The number of aromatic amines is 1. The first-order chi connectivity index (χ1) is 8.19. The van der Waals surface area contributed by atoms with Gasteiger partial charge in [-0.1, -0.05) is 0 Å². The summed E-state index contributed by atoms with van der Waals surface area (Å²) >= 11 is 0. The number of imidazole rings is 1. The highest BCUT2D eigenvalue weighted by Crippen LogP contribution is 2.10. The highest BCUT2D eigenvalue weighted by Gasteiger charge is 2.08. The standard InChI is InChI=1S/C12H10N4O/c1-8-14-7-11(15-8)12(17)16-10-4-2-9(6-13)3-5-10/h2-5,7H,1H3,(H,14,15)(H,16,17). The van der Waals surface area contributed by atoms with E-state index >= 15 is 0 Å². The maximum absolute atomic E-state index is 11.7. The van der Waals surface area contributed by atoms with Crippen LogP contribution in [0.4, 0.5) is 5.69 Å². The summed E-state index contributed by atoms with van der Waals surface area (Å²) < 4.78 is 0. The molecule has 5 heteroatoms. The van der Waals surface area contributed by atoms with Crippen LogP contribution in [0.5, 0.6) is 0 Å². The van der Waals surface area contributed by atoms with E-state index in [1.165, 1.54) is 6.20 Å². The Morgan fingerprint density at radius 3 is 2.65 bits per heavy atom. The van der Waals surface area contributed by atoms with Gasteiger partial charge in [0, 0.05) is 5.69 Å². The topological polar surface area (TPSA) is 81.6 Å². The van der Waals surface area contributed by atoms with Crippen LogP contribution in [0.1, 0.15) is 21.9 Å². The largest absolute Gasteiger partial charge is 0.338 e. The number of aryl methyl sites for hydroxylation is 1. The van der Waals surface area contributed by atoms with Crippen LogP contribution in [0.3, 0.4) is 0 Å². The number of hydrogen-bond donors (Lipinski definition) is 2. The summed E-state index contributed by atoms with van der Waals surface area (Å²) in [5.74, 6) is 0.435. The number of rotatable bonds is 2. The molecule has 1 amide bonds. The molecule has 0 bridgehead atoms. The van der Waals surface area contributed by atoms with Gasteiger partial charge in [-0.2, -0.15) is 5.26 Å². The van der Waals surface area contributed by atoms with Crippen LogP contribution >= 0.6 is 0 Å². The molecule has 0 aliphatic carbocycles. The van der Waals surface area contributed by atoms with Crippen LogP contribution in [0.2, 0.25) is 0 Å². The summed E-state index contributed by atoms with van der Waals surface area (Å²) in [5, 5.41) is 11.3. The molecule has 0 spiro atoms. The second-order valence-corrected chi connectivity index (χ2v) is 3.53. The van der Waals surface area contributed by atoms with Gasteiger partial charge in [-0.25, -0.2) is 4.98 Å². The molecule has 0 saturated carbocycles. The summed E-state index contributed by atoms with van der Waals surface area (Å²) in [6.07, 6.45) is 1.48. The maximum Gasteiger partial charge on any atom is 0.273 e. The Kier molecular flexibility index (Phi) is 2.88. The average Bonchev–Trinajstić information content (AvgIpc) is 2.77. The molecule has 0 fully saturated rings. The quantitative estimate of drug-likeness (QED) is 0.819. The van der Waals surface area contributed by atoms with Gasteiger partial charge in [0.2, 0.25) is 0 Å². The molecule has 0 atom stereocenters. The number of nitriles is 1. The van der Waals surface area contributed by atoms with Gasteiger partial charge in [-0.15, -0.1) is 0 Å². The van der Waals surface area contributed by atoms with Crippen LogP contribution in [0, 0.1) is 18.3 Å². The predicted molar refractivity (Wildman–Crippen MR) is 62.4 cm³/mol. The molecule has 1 aromatic carbocycles. The molecular formula is C12H10N4O. The molecule has 1 heterocycles. The van der Waals surface area contributed by atoms with Crippen molar-refractivity contribution in [2.24, 2.45) is 0 Å². The second kappa shape index (κ2) is 4.49. The maximum atomic E-state index is 11.7. The minimum atomic E-state index is -0.254. The minimum absolute atomic E-state index is 0.254. The van der Waals surface area contributed by atoms with Crippen LogP contribution in [0.15, 0.2) is 30.5 Å². The Morgan fingerprint density at radius 1 is 1.41 bits per heavy atom. The molecule has 17 heavy (non-hydrogen) atoms. The van der Waals surface area contributed by atoms with E-state index in [0.29, 0.717) is 22.8 Å². The van der Waals surface area contributed by atoms with E-state index in [4.69, 9.17) is 5.26 Å². The normalized spacial score (nSPS) is 9.65. The van der Waals surface area contributed by atoms with Gasteiger partial charge >= 0.3 is 0 Å². The van der Waals surface area contributed by atoms with E-state index in [9.17, 15) is 4.79 Å². The monoisotopic (exact) mass is 226 g/mol. The van der Waals surface area contributed by atoms with Crippen molar-refractivity contribution >= 4 is 11.6 Å². The van der Waals surface area contributed by atoms with Crippen LogP contribution in [-0.2, 0) is 0 Å². The predicted octanol–water partition coefficient (Wildman–Crippen LogP) is 1.84. The van der Waals surface area contributed by atoms with Gasteiger partial charge in [-0.3, -0.25) is 4.79 Å². The first kappa shape index (κ1) is 10.9. The Morgan fingerprint density at radius 2 is 2.12 bits per heavy atom. The van der Waals surface area contributed by atoms with Crippen molar-refractivity contribution in [3.8, 4) is 6.07 Å². The van der Waals surface area contributed by atoms with E-state index in [2.05, 4.69) is 15.3 Å². The average molecular weight is 226 g/mol. The molecule has 2 N–H and O–H groups in total. The number of H-pyrrole nitrogens is 1. The zero-order chi connectivity index (χ0) is 12.3. The van der Waals surface area contributed by atoms with Crippen molar-refractivity contribution in [1.29, 1.82) is 5.26 Å². The van der Waals surface area contributed by atoms with Crippen LogP contribution < -0.4 is 5.32 Å². The van der Waals surface area contributed by atoms with Crippen molar-refractivity contribution in [1.82, 2.24) is 9.97 Å². The van der Waals surface area contributed by atoms with Crippen LogP contribution in [0.25, 0.3) is 0 Å². The van der Waals surface area contributed by atoms with Crippen molar-refractivity contribution < 1.29 is 4.79 Å². The molecule has 2 aromatic rings. The van der Waals surface area contributed by atoms with Gasteiger partial charge in [0.25, 0.3) is 5.91 Å². The van der Waals surface area contributed by atoms with Crippen LogP contribution in [-0.4, -0.2) is 15.9 Å². The SMILES string of the molecule is Cc1ncc(C(=O)Nc2ccc(C#N)cc2)[nH]1. The summed E-state index contributed by atoms with van der Waals surface area (Å²) in [7, 11) is 0. The molecule has 0 unspecified atom stereocenters. The molecule has 0 aliphatic heterocycles. The zero-order valence-corrected chi connectivity index (χ0v) is 9.19. The lowest BCUT2D eigenvalue weighted by Gasteiger charge is -2.02. The molecule has 2 rings (SSSR count). The zero-order valence-electron chi connectivity index (χ0n) is 9.19. The van der Waals surface area contributed by atoms with E-state index < -0.39 is 0 Å². The van der Waals surface area contributed by atoms with Gasteiger partial charge in [-0.05, 0) is 31.2 Å². The number of benzene rings is 1. The number of nitrogens with one attached hydrogen (secondary N) is 2. The Hall–Kier alpha value is -2.61. The smallest absolute Gasteiger partial charge is 0.273 e. The van der Waals surface area contributed by atoms with Crippen molar-refractivity contribution in [3.63, 3.8) is 0 Å². The summed E-state index contributed by atoms with van der Waals surface area (Å²) in [5.41, 5.74) is 1.61. The fourth-order valence-corrected chi connectivity index (χ4v) is 1.36. The van der Waals surface area contributed by atoms with Gasteiger partial charge < -0.3 is 10.3 Å².